The Balaban J connectivity index is 1.70. The molecule has 6 nitrogen and oxygen atoms in total. The third-order valence-corrected chi connectivity index (χ3v) is 5.16. The molecule has 1 saturated carbocycles. The van der Waals surface area contributed by atoms with Gasteiger partial charge >= 0.3 is 0 Å². The third kappa shape index (κ3) is 3.47. The van der Waals surface area contributed by atoms with Crippen molar-refractivity contribution in [2.45, 2.75) is 51.0 Å². The summed E-state index contributed by atoms with van der Waals surface area (Å²) in [4.78, 5) is 37.2. The van der Waals surface area contributed by atoms with Crippen LogP contribution >= 0.6 is 0 Å². The van der Waals surface area contributed by atoms with Gasteiger partial charge in [0.05, 0.1) is 11.3 Å². The van der Waals surface area contributed by atoms with Gasteiger partial charge in [0.1, 0.15) is 5.78 Å². The van der Waals surface area contributed by atoms with Crippen LogP contribution in [0, 0.1) is 16.0 Å². The number of ketones is 1. The average molecular weight is 330 g/mol. The van der Waals surface area contributed by atoms with Crippen LogP contribution in [-0.4, -0.2) is 34.1 Å². The lowest BCUT2D eigenvalue weighted by atomic mass is 9.81. The first-order chi connectivity index (χ1) is 11.6. The van der Waals surface area contributed by atoms with Gasteiger partial charge in [-0.15, -0.1) is 0 Å². The van der Waals surface area contributed by atoms with Crippen LogP contribution in [0.2, 0.25) is 0 Å². The van der Waals surface area contributed by atoms with Gasteiger partial charge in [0.25, 0.3) is 5.69 Å². The number of hydrogen-bond donors (Lipinski definition) is 0. The Morgan fingerprint density at radius 2 is 2.08 bits per heavy atom. The molecule has 1 heterocycles. The molecule has 1 aliphatic heterocycles. The van der Waals surface area contributed by atoms with Gasteiger partial charge in [0, 0.05) is 37.1 Å². The summed E-state index contributed by atoms with van der Waals surface area (Å²) in [6, 6.07) is 6.24. The minimum absolute atomic E-state index is 0.000676. The van der Waals surface area contributed by atoms with Crippen molar-refractivity contribution in [1.82, 2.24) is 4.90 Å². The molecule has 0 N–H and O–H groups in total. The summed E-state index contributed by atoms with van der Waals surface area (Å²) in [5.74, 6) is 0.243. The van der Waals surface area contributed by atoms with Crippen molar-refractivity contribution in [1.29, 1.82) is 0 Å². The van der Waals surface area contributed by atoms with Gasteiger partial charge in [0.2, 0.25) is 5.91 Å². The zero-order chi connectivity index (χ0) is 17.1. The quantitative estimate of drug-likeness (QED) is 0.628. The number of hydrogen-bond acceptors (Lipinski definition) is 4. The van der Waals surface area contributed by atoms with Crippen LogP contribution in [0.1, 0.15) is 44.1 Å². The molecular formula is C18H22N2O4. The van der Waals surface area contributed by atoms with Crippen molar-refractivity contribution < 1.29 is 14.5 Å². The minimum atomic E-state index is -0.451. The largest absolute Gasteiger partial charge is 0.339 e. The second kappa shape index (κ2) is 7.11. The number of benzene rings is 1. The number of Topliss-reactive ketones (excluding diaryl/α,β-unsaturated/α-hetero) is 1. The second-order valence-corrected chi connectivity index (χ2v) is 6.72. The highest BCUT2D eigenvalue weighted by atomic mass is 16.6. The van der Waals surface area contributed by atoms with E-state index in [-0.39, 0.29) is 30.0 Å². The number of likely N-dealkylation sites (tertiary alicyclic amines) is 1. The summed E-state index contributed by atoms with van der Waals surface area (Å²) in [5, 5.41) is 10.9. The summed E-state index contributed by atoms with van der Waals surface area (Å²) >= 11 is 0. The van der Waals surface area contributed by atoms with Gasteiger partial charge < -0.3 is 4.90 Å². The predicted octanol–water partition coefficient (Wildman–Crippen LogP) is 2.89. The van der Waals surface area contributed by atoms with E-state index in [1.54, 1.807) is 12.1 Å². The standard InChI is InChI=1S/C18H22N2O4/c21-17-9-2-1-7-15(17)16-8-4-10-19(16)18(22)12-13-5-3-6-14(11-13)20(23)24/h3,5-6,11,15-16H,1-2,4,7-10,12H2. The number of nitro groups is 1. The summed E-state index contributed by atoms with van der Waals surface area (Å²) in [6.07, 6.45) is 5.49. The van der Waals surface area contributed by atoms with E-state index in [4.69, 9.17) is 0 Å². The van der Waals surface area contributed by atoms with Crippen LogP contribution in [0.15, 0.2) is 24.3 Å². The molecule has 1 aromatic carbocycles. The molecule has 24 heavy (non-hydrogen) atoms. The zero-order valence-corrected chi connectivity index (χ0v) is 13.6. The maximum absolute atomic E-state index is 12.7. The van der Waals surface area contributed by atoms with E-state index >= 15 is 0 Å². The Hall–Kier alpha value is -2.24. The van der Waals surface area contributed by atoms with E-state index < -0.39 is 4.92 Å². The maximum Gasteiger partial charge on any atom is 0.269 e. The molecule has 1 aliphatic carbocycles. The first-order valence-electron chi connectivity index (χ1n) is 8.62. The minimum Gasteiger partial charge on any atom is -0.339 e. The van der Waals surface area contributed by atoms with E-state index in [0.29, 0.717) is 24.3 Å². The van der Waals surface area contributed by atoms with Crippen LogP contribution in [0.25, 0.3) is 0 Å². The second-order valence-electron chi connectivity index (χ2n) is 6.72. The molecule has 1 amide bonds. The highest BCUT2D eigenvalue weighted by Crippen LogP contribution is 2.32. The summed E-state index contributed by atoms with van der Waals surface area (Å²) in [6.45, 7) is 0.683. The van der Waals surface area contributed by atoms with Crippen molar-refractivity contribution >= 4 is 17.4 Å². The number of rotatable bonds is 4. The molecule has 3 rings (SSSR count). The molecule has 0 aromatic heterocycles. The van der Waals surface area contributed by atoms with E-state index in [0.717, 1.165) is 32.1 Å². The average Bonchev–Trinajstić information content (AvgIpc) is 3.05. The van der Waals surface area contributed by atoms with Gasteiger partial charge in [-0.2, -0.15) is 0 Å². The predicted molar refractivity (Wildman–Crippen MR) is 88.5 cm³/mol. The van der Waals surface area contributed by atoms with Crippen LogP contribution in [0.5, 0.6) is 0 Å². The van der Waals surface area contributed by atoms with Gasteiger partial charge in [-0.3, -0.25) is 19.7 Å². The Morgan fingerprint density at radius 1 is 1.25 bits per heavy atom. The highest BCUT2D eigenvalue weighted by molar-refractivity contribution is 5.84. The molecule has 128 valence electrons. The van der Waals surface area contributed by atoms with Gasteiger partial charge in [-0.05, 0) is 31.2 Å². The molecule has 2 aliphatic rings. The molecule has 1 saturated heterocycles. The molecule has 0 spiro atoms. The van der Waals surface area contributed by atoms with Crippen molar-refractivity contribution in [3.63, 3.8) is 0 Å². The smallest absolute Gasteiger partial charge is 0.269 e. The number of nitrogens with zero attached hydrogens (tertiary/aromatic N) is 2. The fourth-order valence-corrected chi connectivity index (χ4v) is 3.99. The Morgan fingerprint density at radius 3 is 2.83 bits per heavy atom. The zero-order valence-electron chi connectivity index (χ0n) is 13.6. The fraction of sp³-hybridized carbons (Fsp3) is 0.556. The van der Waals surface area contributed by atoms with Crippen molar-refractivity contribution in [3.8, 4) is 0 Å². The third-order valence-electron chi connectivity index (χ3n) is 5.16. The summed E-state index contributed by atoms with van der Waals surface area (Å²) in [5.41, 5.74) is 0.649. The Bertz CT molecular complexity index is 658. The van der Waals surface area contributed by atoms with Crippen LogP contribution in [-0.2, 0) is 16.0 Å². The summed E-state index contributed by atoms with van der Waals surface area (Å²) < 4.78 is 0. The van der Waals surface area contributed by atoms with Crippen molar-refractivity contribution in [3.05, 3.63) is 39.9 Å². The lowest BCUT2D eigenvalue weighted by molar-refractivity contribution is -0.384. The molecule has 0 bridgehead atoms. The van der Waals surface area contributed by atoms with Gasteiger partial charge in [-0.1, -0.05) is 18.6 Å². The van der Waals surface area contributed by atoms with E-state index in [9.17, 15) is 19.7 Å². The first kappa shape index (κ1) is 16.6. The van der Waals surface area contributed by atoms with Gasteiger partial charge in [-0.25, -0.2) is 0 Å². The maximum atomic E-state index is 12.7. The van der Waals surface area contributed by atoms with Crippen LogP contribution in [0.4, 0.5) is 5.69 Å². The molecular weight excluding hydrogens is 308 g/mol. The molecule has 2 unspecified atom stereocenters. The Labute approximate surface area is 141 Å². The monoisotopic (exact) mass is 330 g/mol. The van der Waals surface area contributed by atoms with Crippen LogP contribution < -0.4 is 0 Å². The molecule has 2 atom stereocenters. The summed E-state index contributed by atoms with van der Waals surface area (Å²) in [7, 11) is 0. The van der Waals surface area contributed by atoms with Crippen molar-refractivity contribution in [2.75, 3.05) is 6.54 Å². The first-order valence-corrected chi connectivity index (χ1v) is 8.62. The van der Waals surface area contributed by atoms with Gasteiger partial charge in [0.15, 0.2) is 0 Å². The molecule has 1 aromatic rings. The SMILES string of the molecule is O=C1CCCCC1C1CCCN1C(=O)Cc1cccc([N+](=O)[O-])c1. The number of nitro benzene ring substituents is 1. The lowest BCUT2D eigenvalue weighted by Crippen LogP contribution is -2.44. The van der Waals surface area contributed by atoms with E-state index in [1.165, 1.54) is 12.1 Å². The number of carbonyl (C=O) groups is 2. The Kier molecular flexibility index (Phi) is 4.92. The normalized spacial score (nSPS) is 24.2. The van der Waals surface area contributed by atoms with Crippen molar-refractivity contribution in [2.24, 2.45) is 5.92 Å². The van der Waals surface area contributed by atoms with Crippen LogP contribution in [0.3, 0.4) is 0 Å². The molecule has 2 fully saturated rings. The number of carbonyl (C=O) groups excluding carboxylic acids is 2. The molecule has 0 radical (unpaired) electrons. The lowest BCUT2D eigenvalue weighted by Gasteiger charge is -2.33. The highest BCUT2D eigenvalue weighted by Gasteiger charge is 2.38. The topological polar surface area (TPSA) is 80.5 Å². The fourth-order valence-electron chi connectivity index (χ4n) is 3.99. The van der Waals surface area contributed by atoms with E-state index in [1.807, 2.05) is 4.90 Å². The number of amides is 1. The number of non-ortho nitro benzene ring substituents is 1. The molecule has 6 heteroatoms. The van der Waals surface area contributed by atoms with E-state index in [2.05, 4.69) is 0 Å².